The zero-order valence-corrected chi connectivity index (χ0v) is 22.3. The van der Waals surface area contributed by atoms with E-state index in [0.717, 1.165) is 66.5 Å². The molecule has 3 aromatic rings. The molecule has 2 aromatic carbocycles. The first kappa shape index (κ1) is 24.8. The number of aliphatic hydroxyl groups excluding tert-OH is 1. The molecule has 0 radical (unpaired) electrons. The number of nitrogens with zero attached hydrogens (tertiary/aromatic N) is 4. The summed E-state index contributed by atoms with van der Waals surface area (Å²) in [6.07, 6.45) is 8.94. The summed E-state index contributed by atoms with van der Waals surface area (Å²) in [4.78, 5) is 11.9. The van der Waals surface area contributed by atoms with Gasteiger partial charge >= 0.3 is 0 Å². The molecule has 2 aliphatic heterocycles. The van der Waals surface area contributed by atoms with Crippen LogP contribution < -0.4 is 10.6 Å². The molecule has 0 unspecified atom stereocenters. The van der Waals surface area contributed by atoms with Crippen molar-refractivity contribution in [2.45, 2.75) is 50.9 Å². The molecule has 38 heavy (non-hydrogen) atoms. The number of aliphatic hydroxyl groups is 1. The lowest BCUT2D eigenvalue weighted by atomic mass is 9.83. The maximum Gasteiger partial charge on any atom is 0.227 e. The highest BCUT2D eigenvalue weighted by atomic mass is 16.3. The molecule has 1 saturated carbocycles. The van der Waals surface area contributed by atoms with Crippen LogP contribution in [-0.2, 0) is 24.7 Å². The van der Waals surface area contributed by atoms with Gasteiger partial charge in [-0.15, -0.1) is 0 Å². The van der Waals surface area contributed by atoms with Crippen molar-refractivity contribution in [3.63, 3.8) is 0 Å². The number of benzene rings is 2. The Morgan fingerprint density at radius 1 is 1.18 bits per heavy atom. The molecule has 7 nitrogen and oxygen atoms in total. The summed E-state index contributed by atoms with van der Waals surface area (Å²) in [7, 11) is 2.20. The monoisotopic (exact) mass is 508 g/mol. The highest BCUT2D eigenvalue weighted by Crippen LogP contribution is 2.41. The summed E-state index contributed by atoms with van der Waals surface area (Å²) in [5.74, 6) is 1.43. The number of likely N-dealkylation sites (N-methyl/N-ethyl adjacent to an activating group) is 1. The number of fused-ring (bicyclic) bond motifs is 2. The number of hydrogen-bond donors (Lipinski definition) is 3. The second-order valence-corrected chi connectivity index (χ2v) is 11.6. The van der Waals surface area contributed by atoms with Gasteiger partial charge in [-0.1, -0.05) is 25.8 Å². The molecule has 0 spiro atoms. The molecule has 7 heteroatoms. The Morgan fingerprint density at radius 3 is 2.71 bits per heavy atom. The third kappa shape index (κ3) is 4.87. The minimum atomic E-state index is -0.433. The summed E-state index contributed by atoms with van der Waals surface area (Å²) >= 11 is 0. The highest BCUT2D eigenvalue weighted by Gasteiger charge is 2.36. The van der Waals surface area contributed by atoms with Crippen LogP contribution >= 0.6 is 0 Å². The standard InChI is InChI=1S/C31H36N6O/c1-31(19-38)18-34-29-25(17-32)14-24(15-26(29)31)27-7-10-33-30(35-27)36-28-16-22-9-12-37(2)11-8-21(22)13-23(28)6-5-20-3-4-20/h7,10,13-16,20,34,38H,3-6,8-9,11-12,18-19H2,1-2H3,(H,33,35,36)/t31-/m1/s1. The molecule has 6 rings (SSSR count). The van der Waals surface area contributed by atoms with E-state index in [9.17, 15) is 10.4 Å². The summed E-state index contributed by atoms with van der Waals surface area (Å²) in [5, 5.41) is 26.8. The van der Waals surface area contributed by atoms with Gasteiger partial charge < -0.3 is 20.6 Å². The van der Waals surface area contributed by atoms with Crippen LogP contribution in [0.5, 0.6) is 0 Å². The number of hydrogen-bond acceptors (Lipinski definition) is 7. The SMILES string of the molecule is CN1CCc2cc(CCC3CC3)c(Nc3nccc(-c4cc(C#N)c5c(c4)[C@@](C)(CO)CN5)n3)cc2CC1. The van der Waals surface area contributed by atoms with Gasteiger partial charge in [0.05, 0.1) is 23.6 Å². The van der Waals surface area contributed by atoms with Gasteiger partial charge in [0.1, 0.15) is 6.07 Å². The second-order valence-electron chi connectivity index (χ2n) is 11.6. The van der Waals surface area contributed by atoms with E-state index in [0.29, 0.717) is 18.1 Å². The molecule has 1 atom stereocenters. The maximum absolute atomic E-state index is 10.1. The lowest BCUT2D eigenvalue weighted by Crippen LogP contribution is -2.28. The lowest BCUT2D eigenvalue weighted by Gasteiger charge is -2.21. The lowest BCUT2D eigenvalue weighted by molar-refractivity contribution is 0.219. The molecule has 0 saturated heterocycles. The third-order valence-electron chi connectivity index (χ3n) is 8.58. The van der Waals surface area contributed by atoms with Gasteiger partial charge in [-0.25, -0.2) is 9.97 Å². The summed E-state index contributed by atoms with van der Waals surface area (Å²) in [6.45, 7) is 4.80. The average Bonchev–Trinajstić information content (AvgIpc) is 3.73. The maximum atomic E-state index is 10.1. The van der Waals surface area contributed by atoms with Crippen molar-refractivity contribution in [1.29, 1.82) is 5.26 Å². The molecular weight excluding hydrogens is 472 g/mol. The molecule has 1 fully saturated rings. The fourth-order valence-electron chi connectivity index (χ4n) is 5.79. The number of anilines is 3. The Hall–Kier alpha value is -3.47. The van der Waals surface area contributed by atoms with Crippen LogP contribution in [0.15, 0.2) is 36.5 Å². The van der Waals surface area contributed by atoms with Crippen LogP contribution in [-0.4, -0.2) is 53.3 Å². The first-order valence-electron chi connectivity index (χ1n) is 13.8. The van der Waals surface area contributed by atoms with Crippen molar-refractivity contribution in [3.05, 3.63) is 64.3 Å². The van der Waals surface area contributed by atoms with Crippen molar-refractivity contribution in [3.8, 4) is 17.3 Å². The minimum absolute atomic E-state index is 0.00958. The van der Waals surface area contributed by atoms with Crippen LogP contribution in [0.3, 0.4) is 0 Å². The number of rotatable bonds is 7. The zero-order valence-electron chi connectivity index (χ0n) is 22.3. The quantitative estimate of drug-likeness (QED) is 0.421. The molecule has 196 valence electrons. The van der Waals surface area contributed by atoms with Gasteiger partial charge in [0.25, 0.3) is 0 Å². The van der Waals surface area contributed by atoms with Crippen LogP contribution in [0.4, 0.5) is 17.3 Å². The topological polar surface area (TPSA) is 97.1 Å². The van der Waals surface area contributed by atoms with Gasteiger partial charge in [0.15, 0.2) is 0 Å². The summed E-state index contributed by atoms with van der Waals surface area (Å²) < 4.78 is 0. The van der Waals surface area contributed by atoms with Crippen molar-refractivity contribution in [1.82, 2.24) is 14.9 Å². The minimum Gasteiger partial charge on any atom is -0.395 e. The van der Waals surface area contributed by atoms with Gasteiger partial charge in [-0.05, 0) is 85.2 Å². The number of nitrogens with one attached hydrogen (secondary N) is 2. The first-order chi connectivity index (χ1) is 18.5. The Morgan fingerprint density at radius 2 is 1.97 bits per heavy atom. The van der Waals surface area contributed by atoms with Crippen LogP contribution in [0.1, 0.15) is 54.0 Å². The summed E-state index contributed by atoms with van der Waals surface area (Å²) in [6, 6.07) is 12.9. The van der Waals surface area contributed by atoms with Crippen molar-refractivity contribution in [2.24, 2.45) is 5.92 Å². The zero-order chi connectivity index (χ0) is 26.3. The largest absolute Gasteiger partial charge is 0.395 e. The van der Waals surface area contributed by atoms with Crippen molar-refractivity contribution < 1.29 is 5.11 Å². The Balaban J connectivity index is 1.34. The van der Waals surface area contributed by atoms with Gasteiger partial charge in [0.2, 0.25) is 5.95 Å². The van der Waals surface area contributed by atoms with Gasteiger partial charge in [0, 0.05) is 42.5 Å². The van der Waals surface area contributed by atoms with E-state index in [4.69, 9.17) is 4.98 Å². The molecule has 3 N–H and O–H groups in total. The van der Waals surface area contributed by atoms with E-state index < -0.39 is 5.41 Å². The van der Waals surface area contributed by atoms with Gasteiger partial charge in [-0.3, -0.25) is 0 Å². The fourth-order valence-corrected chi connectivity index (χ4v) is 5.79. The Kier molecular flexibility index (Phi) is 6.55. The molecule has 0 amide bonds. The van der Waals surface area contributed by atoms with Crippen LogP contribution in [0.2, 0.25) is 0 Å². The van der Waals surface area contributed by atoms with E-state index >= 15 is 0 Å². The molecule has 1 aliphatic carbocycles. The van der Waals surface area contributed by atoms with Crippen molar-refractivity contribution >= 4 is 17.3 Å². The molecule has 3 heterocycles. The van der Waals surface area contributed by atoms with E-state index in [1.54, 1.807) is 6.20 Å². The average molecular weight is 509 g/mol. The van der Waals surface area contributed by atoms with E-state index in [1.807, 2.05) is 19.1 Å². The summed E-state index contributed by atoms with van der Waals surface area (Å²) in [5.41, 5.74) is 8.87. The van der Waals surface area contributed by atoms with Gasteiger partial charge in [-0.2, -0.15) is 5.26 Å². The number of aryl methyl sites for hydroxylation is 1. The predicted octanol–water partition coefficient (Wildman–Crippen LogP) is 4.81. The third-order valence-corrected chi connectivity index (χ3v) is 8.58. The Bertz CT molecular complexity index is 1410. The van der Waals surface area contributed by atoms with E-state index in [-0.39, 0.29) is 6.61 Å². The Labute approximate surface area is 224 Å². The number of nitriles is 1. The molecule has 1 aromatic heterocycles. The van der Waals surface area contributed by atoms with E-state index in [1.165, 1.54) is 36.0 Å². The normalized spacial score (nSPS) is 20.7. The highest BCUT2D eigenvalue weighted by molar-refractivity contribution is 5.76. The molecule has 3 aliphatic rings. The van der Waals surface area contributed by atoms with Crippen LogP contribution in [0.25, 0.3) is 11.3 Å². The fraction of sp³-hybridized carbons (Fsp3) is 0.452. The molecule has 0 bridgehead atoms. The smallest absolute Gasteiger partial charge is 0.227 e. The number of aromatic nitrogens is 2. The van der Waals surface area contributed by atoms with Crippen molar-refractivity contribution in [2.75, 3.05) is 43.9 Å². The molecular formula is C31H36N6O. The van der Waals surface area contributed by atoms with E-state index in [2.05, 4.69) is 51.8 Å². The predicted molar refractivity (Wildman–Crippen MR) is 151 cm³/mol. The second kappa shape index (κ2) is 10.0. The van der Waals surface area contributed by atoms with Crippen LogP contribution in [0, 0.1) is 17.2 Å². The first-order valence-corrected chi connectivity index (χ1v) is 13.8.